The van der Waals surface area contributed by atoms with Crippen molar-refractivity contribution in [3.8, 4) is 0 Å². The van der Waals surface area contributed by atoms with Crippen LogP contribution >= 0.6 is 0 Å². The molecule has 0 rings (SSSR count). The van der Waals surface area contributed by atoms with Gasteiger partial charge >= 0.3 is 0 Å². The lowest BCUT2D eigenvalue weighted by molar-refractivity contribution is -0.126. The number of hydrogen-bond donors (Lipinski definition) is 1. The zero-order chi connectivity index (χ0) is 14.0. The maximum Gasteiger partial charge on any atom is 0.246 e. The Balaban J connectivity index is 3.66. The van der Waals surface area contributed by atoms with Crippen LogP contribution in [0.2, 0.25) is 0 Å². The van der Waals surface area contributed by atoms with Crippen LogP contribution in [0.25, 0.3) is 0 Å². The van der Waals surface area contributed by atoms with Crippen LogP contribution in [0.1, 0.15) is 27.7 Å². The van der Waals surface area contributed by atoms with Crippen LogP contribution < -0.4 is 5.32 Å². The first-order valence-corrected chi connectivity index (χ1v) is 6.58. The number of carbonyl (C=O) groups excluding carboxylic acids is 1. The zero-order valence-corrected chi connectivity index (χ0v) is 12.4. The van der Waals surface area contributed by atoms with Gasteiger partial charge in [0.25, 0.3) is 0 Å². The van der Waals surface area contributed by atoms with Gasteiger partial charge in [-0.2, -0.15) is 0 Å². The summed E-state index contributed by atoms with van der Waals surface area (Å²) in [4.78, 5) is 13.8. The van der Waals surface area contributed by atoms with Crippen LogP contribution in [-0.2, 0) is 14.3 Å². The van der Waals surface area contributed by atoms with Gasteiger partial charge in [-0.05, 0) is 27.7 Å². The minimum Gasteiger partial charge on any atom is -0.382 e. The van der Waals surface area contributed by atoms with E-state index in [4.69, 9.17) is 9.47 Å². The lowest BCUT2D eigenvalue weighted by Crippen LogP contribution is -2.43. The monoisotopic (exact) mass is 260 g/mol. The van der Waals surface area contributed by atoms with Crippen molar-refractivity contribution in [1.29, 1.82) is 0 Å². The third kappa shape index (κ3) is 8.44. The highest BCUT2D eigenvalue weighted by Gasteiger charge is 2.12. The second-order valence-corrected chi connectivity index (χ2v) is 4.82. The van der Waals surface area contributed by atoms with Crippen LogP contribution in [0.4, 0.5) is 0 Å². The first-order chi connectivity index (χ1) is 8.49. The molecule has 0 saturated carbocycles. The molecule has 0 spiro atoms. The van der Waals surface area contributed by atoms with Gasteiger partial charge in [0, 0.05) is 32.3 Å². The van der Waals surface area contributed by atoms with Crippen molar-refractivity contribution in [2.45, 2.75) is 39.8 Å². The molecule has 0 aliphatic carbocycles. The summed E-state index contributed by atoms with van der Waals surface area (Å²) in [5.74, 6) is -0.0708. The smallest absolute Gasteiger partial charge is 0.246 e. The van der Waals surface area contributed by atoms with Crippen molar-refractivity contribution in [3.63, 3.8) is 0 Å². The van der Waals surface area contributed by atoms with E-state index in [0.717, 1.165) is 6.54 Å². The fourth-order valence-corrected chi connectivity index (χ4v) is 1.80. The molecule has 0 aromatic rings. The Morgan fingerprint density at radius 1 is 1.17 bits per heavy atom. The predicted molar refractivity (Wildman–Crippen MR) is 72.7 cm³/mol. The average Bonchev–Trinajstić information content (AvgIpc) is 2.29. The summed E-state index contributed by atoms with van der Waals surface area (Å²) in [6.45, 7) is 11.2. The molecule has 0 unspecified atom stereocenters. The van der Waals surface area contributed by atoms with E-state index in [0.29, 0.717) is 31.8 Å². The predicted octanol–water partition coefficient (Wildman–Crippen LogP) is 0.884. The van der Waals surface area contributed by atoms with Gasteiger partial charge in [0.15, 0.2) is 0 Å². The summed E-state index contributed by atoms with van der Waals surface area (Å²) >= 11 is 0. The van der Waals surface area contributed by atoms with Gasteiger partial charge in [-0.1, -0.05) is 0 Å². The van der Waals surface area contributed by atoms with E-state index in [2.05, 4.69) is 37.9 Å². The number of nitrogens with one attached hydrogen (secondary N) is 1. The van der Waals surface area contributed by atoms with Crippen molar-refractivity contribution >= 4 is 5.91 Å². The molecule has 0 radical (unpaired) electrons. The van der Waals surface area contributed by atoms with E-state index in [-0.39, 0.29) is 12.5 Å². The van der Waals surface area contributed by atoms with E-state index in [9.17, 15) is 4.79 Å². The summed E-state index contributed by atoms with van der Waals surface area (Å²) in [5, 5.41) is 2.85. The second kappa shape index (κ2) is 10.3. The van der Waals surface area contributed by atoms with Crippen molar-refractivity contribution in [2.75, 3.05) is 40.0 Å². The summed E-state index contributed by atoms with van der Waals surface area (Å²) in [5.41, 5.74) is 0. The summed E-state index contributed by atoms with van der Waals surface area (Å²) in [6.07, 6.45) is 0. The van der Waals surface area contributed by atoms with Gasteiger partial charge < -0.3 is 14.8 Å². The molecule has 0 saturated heterocycles. The Kier molecular flexibility index (Phi) is 9.92. The van der Waals surface area contributed by atoms with Crippen LogP contribution in [0.5, 0.6) is 0 Å². The Bertz CT molecular complexity index is 212. The molecule has 0 atom stereocenters. The van der Waals surface area contributed by atoms with E-state index in [1.54, 1.807) is 7.11 Å². The molecule has 0 aromatic carbocycles. The highest BCUT2D eigenvalue weighted by atomic mass is 16.5. The van der Waals surface area contributed by atoms with E-state index >= 15 is 0 Å². The van der Waals surface area contributed by atoms with Gasteiger partial charge in [-0.15, -0.1) is 0 Å². The van der Waals surface area contributed by atoms with Crippen LogP contribution in [-0.4, -0.2) is 62.9 Å². The highest BCUT2D eigenvalue weighted by molar-refractivity contribution is 5.77. The molecule has 18 heavy (non-hydrogen) atoms. The van der Waals surface area contributed by atoms with Crippen molar-refractivity contribution in [1.82, 2.24) is 10.2 Å². The maximum atomic E-state index is 11.4. The minimum atomic E-state index is -0.0708. The van der Waals surface area contributed by atoms with Gasteiger partial charge in [0.05, 0.1) is 13.2 Å². The van der Waals surface area contributed by atoms with Gasteiger partial charge in [-0.3, -0.25) is 9.69 Å². The molecule has 5 nitrogen and oxygen atoms in total. The number of nitrogens with zero attached hydrogens (tertiary/aromatic N) is 1. The quantitative estimate of drug-likeness (QED) is 0.593. The molecule has 0 fully saturated rings. The van der Waals surface area contributed by atoms with Gasteiger partial charge in [0.2, 0.25) is 5.91 Å². The molecule has 5 heteroatoms. The molecule has 1 amide bonds. The Morgan fingerprint density at radius 2 is 1.78 bits per heavy atom. The largest absolute Gasteiger partial charge is 0.382 e. The molecule has 1 N–H and O–H groups in total. The number of ether oxygens (including phenoxy) is 2. The Hall–Kier alpha value is -0.650. The van der Waals surface area contributed by atoms with Crippen molar-refractivity contribution < 1.29 is 14.3 Å². The Labute approximate surface area is 111 Å². The topological polar surface area (TPSA) is 50.8 Å². The number of rotatable bonds is 10. The average molecular weight is 260 g/mol. The lowest BCUT2D eigenvalue weighted by atomic mass is 10.2. The van der Waals surface area contributed by atoms with Crippen LogP contribution in [0.3, 0.4) is 0 Å². The first kappa shape index (κ1) is 17.4. The fraction of sp³-hybridized carbons (Fsp3) is 0.923. The van der Waals surface area contributed by atoms with Gasteiger partial charge in [0.1, 0.15) is 6.61 Å². The van der Waals surface area contributed by atoms with Crippen molar-refractivity contribution in [3.05, 3.63) is 0 Å². The lowest BCUT2D eigenvalue weighted by Gasteiger charge is -2.30. The molecule has 0 heterocycles. The summed E-state index contributed by atoms with van der Waals surface area (Å²) < 4.78 is 9.96. The van der Waals surface area contributed by atoms with Crippen LogP contribution in [0.15, 0.2) is 0 Å². The second-order valence-electron chi connectivity index (χ2n) is 4.82. The third-order valence-electron chi connectivity index (χ3n) is 2.68. The molecule has 108 valence electrons. The van der Waals surface area contributed by atoms with E-state index < -0.39 is 0 Å². The molecular weight excluding hydrogens is 232 g/mol. The third-order valence-corrected chi connectivity index (χ3v) is 2.68. The van der Waals surface area contributed by atoms with Crippen molar-refractivity contribution in [2.24, 2.45) is 0 Å². The molecule has 0 aliphatic heterocycles. The molecule has 0 aliphatic rings. The summed E-state index contributed by atoms with van der Waals surface area (Å²) in [7, 11) is 1.61. The number of hydrogen-bond acceptors (Lipinski definition) is 4. The number of amides is 1. The summed E-state index contributed by atoms with van der Waals surface area (Å²) in [6, 6.07) is 0.972. The van der Waals surface area contributed by atoms with E-state index in [1.807, 2.05) is 0 Å². The first-order valence-electron chi connectivity index (χ1n) is 6.58. The number of carbonyl (C=O) groups is 1. The molecular formula is C13H28N2O3. The standard InChI is InChI=1S/C13H28N2O3/c1-11(2)15(12(3)4)7-6-14-13(16)10-18-9-8-17-5/h11-12H,6-10H2,1-5H3,(H,14,16). The number of methoxy groups -OCH3 is 1. The van der Waals surface area contributed by atoms with Gasteiger partial charge in [-0.25, -0.2) is 0 Å². The molecule has 0 bridgehead atoms. The fourth-order valence-electron chi connectivity index (χ4n) is 1.80. The highest BCUT2D eigenvalue weighted by Crippen LogP contribution is 2.03. The SMILES string of the molecule is COCCOCC(=O)NCCN(C(C)C)C(C)C. The normalized spacial score (nSPS) is 11.6. The van der Waals surface area contributed by atoms with Crippen LogP contribution in [0, 0.1) is 0 Å². The maximum absolute atomic E-state index is 11.4. The Morgan fingerprint density at radius 3 is 2.28 bits per heavy atom. The zero-order valence-electron chi connectivity index (χ0n) is 12.4. The van der Waals surface area contributed by atoms with E-state index in [1.165, 1.54) is 0 Å². The minimum absolute atomic E-state index is 0.0708. The molecule has 0 aromatic heterocycles.